The van der Waals surface area contributed by atoms with E-state index < -0.39 is 0 Å². The number of nitrogens with one attached hydrogen (secondary N) is 1. The maximum absolute atomic E-state index is 12.8. The molecule has 1 saturated heterocycles. The number of amides is 1. The zero-order valence-electron chi connectivity index (χ0n) is 14.3. The summed E-state index contributed by atoms with van der Waals surface area (Å²) in [6.07, 6.45) is 3.76. The molecule has 7 heteroatoms. The summed E-state index contributed by atoms with van der Waals surface area (Å²) in [5, 5.41) is 3.33. The number of rotatable bonds is 3. The van der Waals surface area contributed by atoms with Crippen LogP contribution >= 0.6 is 0 Å². The van der Waals surface area contributed by atoms with Gasteiger partial charge in [0.2, 0.25) is 0 Å². The third-order valence-corrected chi connectivity index (χ3v) is 4.77. The molecular formula is C18H20N4O3. The van der Waals surface area contributed by atoms with Gasteiger partial charge in [0.05, 0.1) is 11.5 Å². The largest absolute Gasteiger partial charge is 0.376 e. The van der Waals surface area contributed by atoms with Crippen LogP contribution in [0.25, 0.3) is 16.7 Å². The standard InChI is InChI=1S/C18H20N4O3/c1-11-5-3-7-22-15(11)20-16-13(18(22)24)9-14(21(16)2)17(23)19-10-12-6-4-8-25-12/h3,5,7,9,12H,4,6,8,10H2,1-2H3,(H,19,23)/t12-/m1/s1. The number of aromatic nitrogens is 3. The van der Waals surface area contributed by atoms with Crippen molar-refractivity contribution in [2.45, 2.75) is 25.9 Å². The molecule has 4 heterocycles. The van der Waals surface area contributed by atoms with Crippen molar-refractivity contribution in [2.24, 2.45) is 7.05 Å². The van der Waals surface area contributed by atoms with Crippen LogP contribution in [0.15, 0.2) is 29.2 Å². The van der Waals surface area contributed by atoms with Gasteiger partial charge in [0.15, 0.2) is 0 Å². The second-order valence-corrected chi connectivity index (χ2v) is 6.47. The van der Waals surface area contributed by atoms with Crippen LogP contribution < -0.4 is 10.9 Å². The van der Waals surface area contributed by atoms with Crippen molar-refractivity contribution in [3.8, 4) is 0 Å². The van der Waals surface area contributed by atoms with E-state index in [9.17, 15) is 9.59 Å². The topological polar surface area (TPSA) is 77.6 Å². The van der Waals surface area contributed by atoms with Gasteiger partial charge in [0.1, 0.15) is 17.0 Å². The van der Waals surface area contributed by atoms with E-state index in [-0.39, 0.29) is 17.6 Å². The van der Waals surface area contributed by atoms with Crippen LogP contribution in [0.5, 0.6) is 0 Å². The lowest BCUT2D eigenvalue weighted by Gasteiger charge is -2.11. The van der Waals surface area contributed by atoms with Crippen molar-refractivity contribution in [3.05, 3.63) is 46.0 Å². The Bertz CT molecular complexity index is 1030. The summed E-state index contributed by atoms with van der Waals surface area (Å²) in [5.74, 6) is -0.221. The molecule has 7 nitrogen and oxygen atoms in total. The average molecular weight is 340 g/mol. The number of carbonyl (C=O) groups excluding carboxylic acids is 1. The lowest BCUT2D eigenvalue weighted by molar-refractivity contribution is 0.0851. The number of nitrogens with zero attached hydrogens (tertiary/aromatic N) is 3. The minimum absolute atomic E-state index is 0.0765. The first-order chi connectivity index (χ1) is 12.1. The predicted molar refractivity (Wildman–Crippen MR) is 94.0 cm³/mol. The first kappa shape index (κ1) is 15.8. The van der Waals surface area contributed by atoms with Gasteiger partial charge in [-0.2, -0.15) is 0 Å². The van der Waals surface area contributed by atoms with Gasteiger partial charge in [0.25, 0.3) is 11.5 Å². The third-order valence-electron chi connectivity index (χ3n) is 4.77. The van der Waals surface area contributed by atoms with Crippen LogP contribution in [0, 0.1) is 6.92 Å². The Hall–Kier alpha value is -2.67. The van der Waals surface area contributed by atoms with Crippen molar-refractivity contribution in [1.82, 2.24) is 19.3 Å². The van der Waals surface area contributed by atoms with Gasteiger partial charge < -0.3 is 14.6 Å². The summed E-state index contributed by atoms with van der Waals surface area (Å²) >= 11 is 0. The third kappa shape index (κ3) is 2.60. The number of ether oxygens (including phenoxy) is 1. The Morgan fingerprint density at radius 3 is 3.04 bits per heavy atom. The molecule has 4 rings (SSSR count). The summed E-state index contributed by atoms with van der Waals surface area (Å²) in [7, 11) is 1.75. The van der Waals surface area contributed by atoms with E-state index in [2.05, 4.69) is 10.3 Å². The maximum atomic E-state index is 12.8. The van der Waals surface area contributed by atoms with E-state index in [0.29, 0.717) is 28.9 Å². The highest BCUT2D eigenvalue weighted by molar-refractivity contribution is 5.98. The van der Waals surface area contributed by atoms with E-state index in [1.165, 1.54) is 4.40 Å². The normalized spacial score (nSPS) is 17.4. The van der Waals surface area contributed by atoms with Gasteiger partial charge in [-0.1, -0.05) is 6.07 Å². The molecule has 1 amide bonds. The molecule has 1 aliphatic rings. The van der Waals surface area contributed by atoms with Crippen LogP contribution in [0.4, 0.5) is 0 Å². The molecule has 1 fully saturated rings. The quantitative estimate of drug-likeness (QED) is 0.782. The van der Waals surface area contributed by atoms with Crippen molar-refractivity contribution >= 4 is 22.6 Å². The zero-order valence-corrected chi connectivity index (χ0v) is 14.3. The Labute approximate surface area is 144 Å². The highest BCUT2D eigenvalue weighted by atomic mass is 16.5. The lowest BCUT2D eigenvalue weighted by atomic mass is 10.2. The molecule has 1 aliphatic heterocycles. The van der Waals surface area contributed by atoms with Crippen molar-refractivity contribution in [1.29, 1.82) is 0 Å². The van der Waals surface area contributed by atoms with Crippen LogP contribution in [-0.2, 0) is 11.8 Å². The molecule has 0 aromatic carbocycles. The predicted octanol–water partition coefficient (Wildman–Crippen LogP) is 1.40. The molecule has 3 aromatic heterocycles. The van der Waals surface area contributed by atoms with Crippen LogP contribution in [0.2, 0.25) is 0 Å². The van der Waals surface area contributed by atoms with E-state index in [4.69, 9.17) is 4.74 Å². The van der Waals surface area contributed by atoms with Crippen molar-refractivity contribution < 1.29 is 9.53 Å². The Morgan fingerprint density at radius 2 is 2.28 bits per heavy atom. The zero-order chi connectivity index (χ0) is 17.6. The highest BCUT2D eigenvalue weighted by Crippen LogP contribution is 2.17. The molecule has 130 valence electrons. The lowest BCUT2D eigenvalue weighted by Crippen LogP contribution is -2.32. The number of aryl methyl sites for hydroxylation is 2. The number of hydrogen-bond acceptors (Lipinski definition) is 4. The average Bonchev–Trinajstić information content (AvgIpc) is 3.23. The molecule has 1 atom stereocenters. The molecule has 0 saturated carbocycles. The van der Waals surface area contributed by atoms with E-state index in [0.717, 1.165) is 25.0 Å². The molecule has 1 N–H and O–H groups in total. The van der Waals surface area contributed by atoms with Gasteiger partial charge in [-0.05, 0) is 37.5 Å². The summed E-state index contributed by atoms with van der Waals surface area (Å²) < 4.78 is 8.72. The van der Waals surface area contributed by atoms with E-state index in [1.807, 2.05) is 19.1 Å². The highest BCUT2D eigenvalue weighted by Gasteiger charge is 2.20. The minimum atomic E-state index is -0.221. The summed E-state index contributed by atoms with van der Waals surface area (Å²) in [6, 6.07) is 5.34. The first-order valence-corrected chi connectivity index (χ1v) is 8.43. The summed E-state index contributed by atoms with van der Waals surface area (Å²) in [4.78, 5) is 29.9. The Kier molecular flexibility index (Phi) is 3.80. The SMILES string of the molecule is Cc1cccn2c(=O)c3cc(C(=O)NC[C@H]4CCCO4)n(C)c3nc12. The molecule has 3 aromatic rings. The molecule has 0 aliphatic carbocycles. The monoisotopic (exact) mass is 340 g/mol. The summed E-state index contributed by atoms with van der Waals surface area (Å²) in [5.41, 5.74) is 2.28. The van der Waals surface area contributed by atoms with E-state index in [1.54, 1.807) is 23.9 Å². The number of carbonyl (C=O) groups is 1. The fourth-order valence-electron chi connectivity index (χ4n) is 3.35. The van der Waals surface area contributed by atoms with Gasteiger partial charge in [-0.25, -0.2) is 4.98 Å². The molecule has 0 unspecified atom stereocenters. The second-order valence-electron chi connectivity index (χ2n) is 6.47. The fourth-order valence-corrected chi connectivity index (χ4v) is 3.35. The number of pyridine rings is 1. The number of hydrogen-bond donors (Lipinski definition) is 1. The van der Waals surface area contributed by atoms with Gasteiger partial charge in [-0.3, -0.25) is 14.0 Å². The molecule has 0 bridgehead atoms. The van der Waals surface area contributed by atoms with Crippen LogP contribution in [-0.4, -0.2) is 39.1 Å². The van der Waals surface area contributed by atoms with Crippen LogP contribution in [0.1, 0.15) is 28.9 Å². The van der Waals surface area contributed by atoms with Crippen molar-refractivity contribution in [3.63, 3.8) is 0 Å². The maximum Gasteiger partial charge on any atom is 0.268 e. The summed E-state index contributed by atoms with van der Waals surface area (Å²) in [6.45, 7) is 3.14. The smallest absolute Gasteiger partial charge is 0.268 e. The van der Waals surface area contributed by atoms with Gasteiger partial charge in [-0.15, -0.1) is 0 Å². The molecule has 25 heavy (non-hydrogen) atoms. The Balaban J connectivity index is 1.75. The van der Waals surface area contributed by atoms with Gasteiger partial charge in [0, 0.05) is 26.4 Å². The molecule has 0 spiro atoms. The molecular weight excluding hydrogens is 320 g/mol. The Morgan fingerprint density at radius 1 is 1.44 bits per heavy atom. The number of fused-ring (bicyclic) bond motifs is 2. The van der Waals surface area contributed by atoms with E-state index >= 15 is 0 Å². The first-order valence-electron chi connectivity index (χ1n) is 8.43. The van der Waals surface area contributed by atoms with Crippen molar-refractivity contribution in [2.75, 3.05) is 13.2 Å². The van der Waals surface area contributed by atoms with Gasteiger partial charge >= 0.3 is 0 Å². The second kappa shape index (κ2) is 6.00. The fraction of sp³-hybridized carbons (Fsp3) is 0.389. The molecule has 0 radical (unpaired) electrons. The van der Waals surface area contributed by atoms with Crippen LogP contribution in [0.3, 0.4) is 0 Å². The minimum Gasteiger partial charge on any atom is -0.376 e.